The van der Waals surface area contributed by atoms with E-state index >= 15 is 0 Å². The fourth-order valence-electron chi connectivity index (χ4n) is 1.64. The minimum absolute atomic E-state index is 0.181. The van der Waals surface area contributed by atoms with Crippen LogP contribution in [0.5, 0.6) is 0 Å². The molecule has 16 heavy (non-hydrogen) atoms. The van der Waals surface area contributed by atoms with Gasteiger partial charge in [-0.1, -0.05) is 18.2 Å². The summed E-state index contributed by atoms with van der Waals surface area (Å²) in [5, 5.41) is 1.11. The van der Waals surface area contributed by atoms with E-state index in [1.54, 1.807) is 0 Å². The lowest BCUT2D eigenvalue weighted by atomic mass is 10.1. The molecule has 1 N–H and O–H groups in total. The van der Waals surface area contributed by atoms with Gasteiger partial charge in [0, 0.05) is 17.1 Å². The summed E-state index contributed by atoms with van der Waals surface area (Å²) in [7, 11) is -3.34. The van der Waals surface area contributed by atoms with Crippen molar-refractivity contribution in [2.75, 3.05) is 12.9 Å². The first-order valence-electron chi connectivity index (χ1n) is 4.96. The topological polar surface area (TPSA) is 59.2 Å². The Bertz CT molecular complexity index is 586. The van der Waals surface area contributed by atoms with E-state index in [1.165, 1.54) is 0 Å². The van der Waals surface area contributed by atoms with Gasteiger partial charge in [-0.25, -0.2) is 0 Å². The average molecular weight is 239 g/mol. The Kier molecular flexibility index (Phi) is 2.98. The van der Waals surface area contributed by atoms with Crippen LogP contribution in [0.1, 0.15) is 5.56 Å². The molecule has 0 saturated heterocycles. The second-order valence-corrected chi connectivity index (χ2v) is 5.28. The van der Waals surface area contributed by atoms with Crippen LogP contribution in [0.3, 0.4) is 0 Å². The Hall–Kier alpha value is -1.33. The highest BCUT2D eigenvalue weighted by Gasteiger charge is 2.05. The third-order valence-electron chi connectivity index (χ3n) is 2.34. The van der Waals surface area contributed by atoms with Crippen LogP contribution in [-0.4, -0.2) is 26.3 Å². The Labute approximate surface area is 94.4 Å². The van der Waals surface area contributed by atoms with E-state index in [4.69, 9.17) is 4.18 Å². The summed E-state index contributed by atoms with van der Waals surface area (Å²) in [6, 6.07) is 7.89. The SMILES string of the molecule is CS(=O)(=O)OCCc1c[nH]c2ccccc12. The van der Waals surface area contributed by atoms with Gasteiger partial charge in [-0.2, -0.15) is 8.42 Å². The van der Waals surface area contributed by atoms with Crippen molar-refractivity contribution in [3.05, 3.63) is 36.0 Å². The molecule has 1 aromatic carbocycles. The zero-order chi connectivity index (χ0) is 11.6. The monoisotopic (exact) mass is 239 g/mol. The highest BCUT2D eigenvalue weighted by molar-refractivity contribution is 7.85. The van der Waals surface area contributed by atoms with Gasteiger partial charge >= 0.3 is 0 Å². The number of hydrogen-bond acceptors (Lipinski definition) is 3. The van der Waals surface area contributed by atoms with Crippen LogP contribution in [-0.2, 0) is 20.7 Å². The second kappa shape index (κ2) is 4.27. The summed E-state index contributed by atoms with van der Waals surface area (Å²) in [6.07, 6.45) is 3.52. The molecule has 0 aliphatic carbocycles. The molecule has 0 amide bonds. The maximum Gasteiger partial charge on any atom is 0.264 e. The van der Waals surface area contributed by atoms with Crippen molar-refractivity contribution in [3.8, 4) is 0 Å². The fraction of sp³-hybridized carbons (Fsp3) is 0.273. The first-order valence-corrected chi connectivity index (χ1v) is 6.77. The number of benzene rings is 1. The van der Waals surface area contributed by atoms with Gasteiger partial charge in [0.1, 0.15) is 0 Å². The molecule has 0 radical (unpaired) electrons. The molecule has 2 aromatic rings. The molecule has 0 fully saturated rings. The minimum Gasteiger partial charge on any atom is -0.361 e. The molecule has 0 aliphatic heterocycles. The number of H-pyrrole nitrogens is 1. The summed E-state index contributed by atoms with van der Waals surface area (Å²) >= 11 is 0. The first kappa shape index (κ1) is 11.2. The van der Waals surface area contributed by atoms with Crippen LogP contribution < -0.4 is 0 Å². The highest BCUT2D eigenvalue weighted by atomic mass is 32.2. The van der Waals surface area contributed by atoms with Gasteiger partial charge in [0.25, 0.3) is 10.1 Å². The average Bonchev–Trinajstić information content (AvgIpc) is 2.60. The van der Waals surface area contributed by atoms with Crippen molar-refractivity contribution < 1.29 is 12.6 Å². The molecule has 0 spiro atoms. The number of aromatic nitrogens is 1. The van der Waals surface area contributed by atoms with Crippen LogP contribution in [0, 0.1) is 0 Å². The highest BCUT2D eigenvalue weighted by Crippen LogP contribution is 2.18. The summed E-state index contributed by atoms with van der Waals surface area (Å²) in [5.74, 6) is 0. The minimum atomic E-state index is -3.34. The van der Waals surface area contributed by atoms with Gasteiger partial charge in [0.15, 0.2) is 0 Å². The number of para-hydroxylation sites is 1. The molecule has 5 heteroatoms. The Morgan fingerprint density at radius 2 is 2.06 bits per heavy atom. The van der Waals surface area contributed by atoms with E-state index in [0.717, 1.165) is 22.7 Å². The lowest BCUT2D eigenvalue weighted by Gasteiger charge is -2.00. The molecular formula is C11H13NO3S. The van der Waals surface area contributed by atoms with Crippen LogP contribution >= 0.6 is 0 Å². The number of rotatable bonds is 4. The molecule has 0 unspecified atom stereocenters. The smallest absolute Gasteiger partial charge is 0.264 e. The summed E-state index contributed by atoms with van der Waals surface area (Å²) in [5.41, 5.74) is 2.12. The van der Waals surface area contributed by atoms with Crippen molar-refractivity contribution in [1.29, 1.82) is 0 Å². The summed E-state index contributed by atoms with van der Waals surface area (Å²) in [6.45, 7) is 0.181. The van der Waals surface area contributed by atoms with Gasteiger partial charge in [0.05, 0.1) is 12.9 Å². The maximum absolute atomic E-state index is 10.8. The largest absolute Gasteiger partial charge is 0.361 e. The fourth-order valence-corrected chi connectivity index (χ4v) is 2.03. The Morgan fingerprint density at radius 1 is 1.31 bits per heavy atom. The molecule has 0 saturated carbocycles. The lowest BCUT2D eigenvalue weighted by molar-refractivity contribution is 0.326. The van der Waals surface area contributed by atoms with E-state index < -0.39 is 10.1 Å². The van der Waals surface area contributed by atoms with Gasteiger partial charge in [0.2, 0.25) is 0 Å². The molecule has 1 heterocycles. The van der Waals surface area contributed by atoms with Gasteiger partial charge in [-0.3, -0.25) is 4.18 Å². The number of nitrogens with one attached hydrogen (secondary N) is 1. The predicted molar refractivity (Wildman–Crippen MR) is 62.8 cm³/mol. The lowest BCUT2D eigenvalue weighted by Crippen LogP contribution is -2.05. The van der Waals surface area contributed by atoms with Crippen LogP contribution in [0.4, 0.5) is 0 Å². The molecule has 0 bridgehead atoms. The van der Waals surface area contributed by atoms with E-state index in [0.29, 0.717) is 6.42 Å². The van der Waals surface area contributed by atoms with Crippen molar-refractivity contribution in [2.24, 2.45) is 0 Å². The van der Waals surface area contributed by atoms with Crippen LogP contribution in [0.2, 0.25) is 0 Å². The molecule has 86 valence electrons. The van der Waals surface area contributed by atoms with Gasteiger partial charge < -0.3 is 4.98 Å². The van der Waals surface area contributed by atoms with E-state index in [-0.39, 0.29) is 6.61 Å². The van der Waals surface area contributed by atoms with Crippen molar-refractivity contribution in [1.82, 2.24) is 4.98 Å². The molecule has 1 aromatic heterocycles. The molecule has 4 nitrogen and oxygen atoms in total. The summed E-state index contributed by atoms with van der Waals surface area (Å²) in [4.78, 5) is 3.13. The third kappa shape index (κ3) is 2.62. The zero-order valence-electron chi connectivity index (χ0n) is 8.93. The second-order valence-electron chi connectivity index (χ2n) is 3.64. The van der Waals surface area contributed by atoms with Gasteiger partial charge in [-0.15, -0.1) is 0 Å². The molecule has 0 aliphatic rings. The standard InChI is InChI=1S/C11H13NO3S/c1-16(13,14)15-7-6-9-8-12-11-5-3-2-4-10(9)11/h2-5,8,12H,6-7H2,1H3. The maximum atomic E-state index is 10.8. The van der Waals surface area contributed by atoms with Crippen LogP contribution in [0.25, 0.3) is 10.9 Å². The zero-order valence-corrected chi connectivity index (χ0v) is 9.75. The van der Waals surface area contributed by atoms with Crippen molar-refractivity contribution in [3.63, 3.8) is 0 Å². The van der Waals surface area contributed by atoms with Crippen molar-refractivity contribution in [2.45, 2.75) is 6.42 Å². The number of fused-ring (bicyclic) bond motifs is 1. The molecule has 2 rings (SSSR count). The number of hydrogen-bond donors (Lipinski definition) is 1. The molecule has 0 atom stereocenters. The van der Waals surface area contributed by atoms with E-state index in [1.807, 2.05) is 30.5 Å². The summed E-state index contributed by atoms with van der Waals surface area (Å²) < 4.78 is 26.3. The third-order valence-corrected chi connectivity index (χ3v) is 2.94. The Balaban J connectivity index is 2.10. The number of aromatic amines is 1. The van der Waals surface area contributed by atoms with Crippen molar-refractivity contribution >= 4 is 21.0 Å². The van der Waals surface area contributed by atoms with E-state index in [9.17, 15) is 8.42 Å². The van der Waals surface area contributed by atoms with Gasteiger partial charge in [-0.05, 0) is 18.1 Å². The molecular weight excluding hydrogens is 226 g/mol. The van der Waals surface area contributed by atoms with Crippen LogP contribution in [0.15, 0.2) is 30.5 Å². The quantitative estimate of drug-likeness (QED) is 0.826. The Morgan fingerprint density at radius 3 is 2.81 bits per heavy atom. The predicted octanol–water partition coefficient (Wildman–Crippen LogP) is 1.69. The normalized spacial score (nSPS) is 12.1. The first-order chi connectivity index (χ1) is 7.56. The van der Waals surface area contributed by atoms with E-state index in [2.05, 4.69) is 4.98 Å².